The maximum atomic E-state index is 11.0. The van der Waals surface area contributed by atoms with Crippen LogP contribution in [-0.2, 0) is 21.9 Å². The number of rotatable bonds is 10. The van der Waals surface area contributed by atoms with Crippen LogP contribution in [0.2, 0.25) is 65.0 Å². The molecule has 0 aromatic rings. The average molecular weight is 407 g/mol. The van der Waals surface area contributed by atoms with E-state index in [0.717, 1.165) is 6.04 Å². The van der Waals surface area contributed by atoms with Crippen molar-refractivity contribution < 1.29 is 21.9 Å². The van der Waals surface area contributed by atoms with Gasteiger partial charge in [0, 0.05) is 5.92 Å². The number of hydrogen-bond donors (Lipinski definition) is 0. The van der Waals surface area contributed by atoms with Gasteiger partial charge in [-0.2, -0.15) is 0 Å². The lowest BCUT2D eigenvalue weighted by atomic mass is 10.5. The smallest absolute Gasteiger partial charge is 0.384 e. The summed E-state index contributed by atoms with van der Waals surface area (Å²) >= 11 is 0. The van der Waals surface area contributed by atoms with Gasteiger partial charge in [-0.25, -0.2) is 4.79 Å². The molecule has 0 rings (SSSR count). The van der Waals surface area contributed by atoms with E-state index in [1.807, 2.05) is 5.92 Å². The van der Waals surface area contributed by atoms with Crippen molar-refractivity contribution in [1.29, 1.82) is 0 Å². The maximum Gasteiger partial charge on any atom is 0.384 e. The standard InChI is InChI=1S/C15H34O5Si4/c1-11-15(16)17-13-12-14-24(10,19-22(5,6)7)20-23(8,9)18-21(2,3)4/h1H,12-14H2,2-10H3. The number of esters is 1. The predicted molar refractivity (Wildman–Crippen MR) is 108 cm³/mol. The van der Waals surface area contributed by atoms with Crippen LogP contribution >= 0.6 is 0 Å². The molecule has 0 saturated carbocycles. The van der Waals surface area contributed by atoms with Gasteiger partial charge in [0.2, 0.25) is 0 Å². The Bertz CT molecular complexity index is 462. The van der Waals surface area contributed by atoms with E-state index in [2.05, 4.69) is 58.9 Å². The van der Waals surface area contributed by atoms with Crippen molar-refractivity contribution in [2.75, 3.05) is 6.61 Å². The highest BCUT2D eigenvalue weighted by atomic mass is 28.5. The van der Waals surface area contributed by atoms with E-state index in [1.165, 1.54) is 0 Å². The summed E-state index contributed by atoms with van der Waals surface area (Å²) in [4.78, 5) is 11.0. The van der Waals surface area contributed by atoms with Gasteiger partial charge in [-0.3, -0.25) is 0 Å². The van der Waals surface area contributed by atoms with Crippen LogP contribution in [0.15, 0.2) is 0 Å². The molecule has 9 heteroatoms. The molecule has 0 bridgehead atoms. The van der Waals surface area contributed by atoms with Gasteiger partial charge < -0.3 is 17.1 Å². The molecule has 24 heavy (non-hydrogen) atoms. The molecular formula is C15H34O5Si4. The highest BCUT2D eigenvalue weighted by Gasteiger charge is 2.44. The normalized spacial score (nSPS) is 15.5. The SMILES string of the molecule is C#CC(=O)OCCC[Si](C)(O[Si](C)(C)C)O[Si](C)(C)O[Si](C)(C)C. The molecule has 0 aromatic carbocycles. The molecule has 0 radical (unpaired) electrons. The molecule has 0 aromatic heterocycles. The lowest BCUT2D eigenvalue weighted by Crippen LogP contribution is -2.56. The van der Waals surface area contributed by atoms with Crippen molar-refractivity contribution in [2.24, 2.45) is 0 Å². The molecule has 0 aliphatic carbocycles. The summed E-state index contributed by atoms with van der Waals surface area (Å²) in [5.74, 6) is 1.33. The van der Waals surface area contributed by atoms with Crippen LogP contribution in [0.1, 0.15) is 6.42 Å². The van der Waals surface area contributed by atoms with Gasteiger partial charge in [0.05, 0.1) is 6.61 Å². The molecule has 1 unspecified atom stereocenters. The Morgan fingerprint density at radius 2 is 1.38 bits per heavy atom. The van der Waals surface area contributed by atoms with E-state index in [1.54, 1.807) is 0 Å². The first-order valence-electron chi connectivity index (χ1n) is 8.31. The molecule has 5 nitrogen and oxygen atoms in total. The fourth-order valence-electron chi connectivity index (χ4n) is 2.65. The number of hydrogen-bond acceptors (Lipinski definition) is 5. The van der Waals surface area contributed by atoms with E-state index in [9.17, 15) is 4.79 Å². The molecule has 140 valence electrons. The third-order valence-electron chi connectivity index (χ3n) is 2.66. The van der Waals surface area contributed by atoms with Crippen LogP contribution in [-0.4, -0.2) is 46.3 Å². The van der Waals surface area contributed by atoms with Gasteiger partial charge in [-0.05, 0) is 71.4 Å². The first kappa shape index (κ1) is 23.8. The highest BCUT2D eigenvalue weighted by molar-refractivity contribution is 6.89. The van der Waals surface area contributed by atoms with Gasteiger partial charge in [0.1, 0.15) is 0 Å². The summed E-state index contributed by atoms with van der Waals surface area (Å²) in [6.07, 6.45) is 5.68. The lowest BCUT2D eigenvalue weighted by molar-refractivity contribution is -0.136. The molecule has 0 aliphatic heterocycles. The van der Waals surface area contributed by atoms with Crippen LogP contribution in [0.25, 0.3) is 0 Å². The van der Waals surface area contributed by atoms with E-state index in [0.29, 0.717) is 13.0 Å². The van der Waals surface area contributed by atoms with Crippen molar-refractivity contribution in [3.63, 3.8) is 0 Å². The fourth-order valence-corrected chi connectivity index (χ4v) is 20.6. The van der Waals surface area contributed by atoms with Gasteiger partial charge >= 0.3 is 23.1 Å². The Kier molecular flexibility index (Phi) is 8.85. The quantitative estimate of drug-likeness (QED) is 0.180. The topological polar surface area (TPSA) is 54.0 Å². The second kappa shape index (κ2) is 8.93. The summed E-state index contributed by atoms with van der Waals surface area (Å²) in [7, 11) is -8.16. The monoisotopic (exact) mass is 406 g/mol. The fraction of sp³-hybridized carbons (Fsp3) is 0.800. The molecule has 1 atom stereocenters. The molecule has 0 fully saturated rings. The van der Waals surface area contributed by atoms with Crippen LogP contribution in [0.5, 0.6) is 0 Å². The van der Waals surface area contributed by atoms with Gasteiger partial charge in [0.15, 0.2) is 16.6 Å². The second-order valence-corrected chi connectivity index (χ2v) is 24.9. The third kappa shape index (κ3) is 12.2. The van der Waals surface area contributed by atoms with Crippen molar-refractivity contribution in [3.05, 3.63) is 0 Å². The Morgan fingerprint density at radius 1 is 0.875 bits per heavy atom. The third-order valence-corrected chi connectivity index (χ3v) is 16.2. The Hall–Kier alpha value is -0.222. The molecule has 0 heterocycles. The Morgan fingerprint density at radius 3 is 1.79 bits per heavy atom. The molecule has 0 saturated heterocycles. The maximum absolute atomic E-state index is 11.0. The zero-order chi connectivity index (χ0) is 19.2. The van der Waals surface area contributed by atoms with Crippen molar-refractivity contribution >= 4 is 39.7 Å². The van der Waals surface area contributed by atoms with Gasteiger partial charge in [-0.1, -0.05) is 0 Å². The van der Waals surface area contributed by atoms with E-state index in [-0.39, 0.29) is 0 Å². The minimum Gasteiger partial charge on any atom is -0.456 e. The summed E-state index contributed by atoms with van der Waals surface area (Å²) in [5.41, 5.74) is 0. The van der Waals surface area contributed by atoms with Crippen LogP contribution < -0.4 is 0 Å². The highest BCUT2D eigenvalue weighted by Crippen LogP contribution is 2.27. The van der Waals surface area contributed by atoms with E-state index >= 15 is 0 Å². The van der Waals surface area contributed by atoms with E-state index in [4.69, 9.17) is 23.5 Å². The minimum absolute atomic E-state index is 0.293. The average Bonchev–Trinajstić information content (AvgIpc) is 2.27. The summed E-state index contributed by atoms with van der Waals surface area (Å²) in [6, 6.07) is 0.751. The van der Waals surface area contributed by atoms with Crippen LogP contribution in [0.3, 0.4) is 0 Å². The van der Waals surface area contributed by atoms with Gasteiger partial charge in [-0.15, -0.1) is 6.42 Å². The molecule has 0 N–H and O–H groups in total. The lowest BCUT2D eigenvalue weighted by Gasteiger charge is -2.41. The number of terminal acetylenes is 1. The largest absolute Gasteiger partial charge is 0.456 e. The zero-order valence-corrected chi connectivity index (χ0v) is 20.7. The summed E-state index contributed by atoms with van der Waals surface area (Å²) in [6.45, 7) is 19.5. The van der Waals surface area contributed by atoms with Crippen molar-refractivity contribution in [2.45, 2.75) is 71.4 Å². The molecular weight excluding hydrogens is 373 g/mol. The molecule has 0 aliphatic rings. The predicted octanol–water partition coefficient (Wildman–Crippen LogP) is 4.05. The van der Waals surface area contributed by atoms with Crippen LogP contribution in [0.4, 0.5) is 0 Å². The zero-order valence-electron chi connectivity index (χ0n) is 16.7. The summed E-state index contributed by atoms with van der Waals surface area (Å²) < 4.78 is 24.3. The van der Waals surface area contributed by atoms with Crippen molar-refractivity contribution in [3.8, 4) is 12.3 Å². The van der Waals surface area contributed by atoms with E-state index < -0.39 is 39.7 Å². The number of carbonyl (C=O) groups excluding carboxylic acids is 1. The molecule has 0 spiro atoms. The van der Waals surface area contributed by atoms with Crippen LogP contribution in [0, 0.1) is 12.3 Å². The minimum atomic E-state index is -2.42. The molecule has 0 amide bonds. The first-order valence-corrected chi connectivity index (χ1v) is 20.5. The summed E-state index contributed by atoms with van der Waals surface area (Å²) in [5, 5.41) is 0. The Balaban J connectivity index is 4.95. The first-order chi connectivity index (χ1) is 10.6. The van der Waals surface area contributed by atoms with Gasteiger partial charge in [0.25, 0.3) is 0 Å². The Labute approximate surface area is 152 Å². The van der Waals surface area contributed by atoms with Crippen molar-refractivity contribution in [1.82, 2.24) is 0 Å². The number of ether oxygens (including phenoxy) is 1. The number of carbonyl (C=O) groups is 1. The second-order valence-electron chi connectivity index (χ2n) is 8.45.